The average molecular weight is 396 g/mol. The number of thiazole rings is 1. The highest BCUT2D eigenvalue weighted by Crippen LogP contribution is 2.29. The second-order valence-corrected chi connectivity index (χ2v) is 7.62. The van der Waals surface area contributed by atoms with Crippen LogP contribution in [0.2, 0.25) is 0 Å². The van der Waals surface area contributed by atoms with Gasteiger partial charge in [-0.15, -0.1) is 16.4 Å². The maximum Gasteiger partial charge on any atom is 0.214 e. The molecule has 0 aliphatic carbocycles. The van der Waals surface area contributed by atoms with Crippen molar-refractivity contribution in [1.29, 1.82) is 0 Å². The molecule has 0 unspecified atom stereocenters. The lowest BCUT2D eigenvalue weighted by Crippen LogP contribution is -2.01. The molecule has 0 aliphatic rings. The summed E-state index contributed by atoms with van der Waals surface area (Å²) in [5.41, 5.74) is 4.21. The Morgan fingerprint density at radius 2 is 1.93 bits per heavy atom. The second-order valence-electron chi connectivity index (χ2n) is 5.82. The van der Waals surface area contributed by atoms with Gasteiger partial charge in [0.05, 0.1) is 18.5 Å². The Hall–Kier alpha value is -2.71. The van der Waals surface area contributed by atoms with Crippen molar-refractivity contribution in [3.05, 3.63) is 65.2 Å². The lowest BCUT2D eigenvalue weighted by Gasteiger charge is -2.06. The molecule has 0 amide bonds. The minimum Gasteiger partial charge on any atom is -0.497 e. The SMILES string of the molecule is COc1ccc(-c2nc(CSc3nnnn3-c3ccccc3C)cs2)cc1. The van der Waals surface area contributed by atoms with Crippen molar-refractivity contribution in [3.8, 4) is 22.0 Å². The van der Waals surface area contributed by atoms with Gasteiger partial charge in [-0.2, -0.15) is 4.68 Å². The predicted octanol–water partition coefficient (Wildman–Crippen LogP) is 4.40. The fraction of sp³-hybridized carbons (Fsp3) is 0.158. The molecule has 4 aromatic rings. The molecule has 8 heteroatoms. The van der Waals surface area contributed by atoms with Crippen LogP contribution >= 0.6 is 23.1 Å². The normalized spacial score (nSPS) is 10.9. The molecular weight excluding hydrogens is 378 g/mol. The molecule has 0 aliphatic heterocycles. The van der Waals surface area contributed by atoms with Crippen LogP contribution in [-0.4, -0.2) is 32.3 Å². The number of para-hydroxylation sites is 1. The number of thioether (sulfide) groups is 1. The maximum absolute atomic E-state index is 5.20. The first-order chi connectivity index (χ1) is 13.2. The molecule has 0 radical (unpaired) electrons. The van der Waals surface area contributed by atoms with Gasteiger partial charge in [-0.05, 0) is 53.2 Å². The summed E-state index contributed by atoms with van der Waals surface area (Å²) in [5.74, 6) is 1.55. The molecule has 0 N–H and O–H groups in total. The Balaban J connectivity index is 1.48. The van der Waals surface area contributed by atoms with Gasteiger partial charge in [0.1, 0.15) is 10.8 Å². The van der Waals surface area contributed by atoms with Crippen LogP contribution < -0.4 is 4.74 Å². The molecule has 0 saturated heterocycles. The molecule has 0 fully saturated rings. The van der Waals surface area contributed by atoms with Crippen LogP contribution in [0.15, 0.2) is 59.1 Å². The van der Waals surface area contributed by atoms with Gasteiger partial charge < -0.3 is 4.74 Å². The number of ether oxygens (including phenoxy) is 1. The first-order valence-corrected chi connectivity index (χ1v) is 10.2. The molecule has 6 nitrogen and oxygen atoms in total. The third-order valence-electron chi connectivity index (χ3n) is 4.02. The number of methoxy groups -OCH3 is 1. The Bertz CT molecular complexity index is 1040. The number of benzene rings is 2. The number of rotatable bonds is 6. The fourth-order valence-corrected chi connectivity index (χ4v) is 4.31. The van der Waals surface area contributed by atoms with Crippen molar-refractivity contribution in [2.24, 2.45) is 0 Å². The molecule has 2 aromatic carbocycles. The summed E-state index contributed by atoms with van der Waals surface area (Å²) in [7, 11) is 1.66. The summed E-state index contributed by atoms with van der Waals surface area (Å²) >= 11 is 3.21. The highest BCUT2D eigenvalue weighted by Gasteiger charge is 2.12. The zero-order valence-electron chi connectivity index (χ0n) is 14.9. The van der Waals surface area contributed by atoms with Crippen LogP contribution in [0.3, 0.4) is 0 Å². The van der Waals surface area contributed by atoms with Crippen LogP contribution in [0.5, 0.6) is 5.75 Å². The first kappa shape index (κ1) is 17.7. The Morgan fingerprint density at radius 1 is 1.11 bits per heavy atom. The molecule has 2 heterocycles. The Morgan fingerprint density at radius 3 is 2.70 bits per heavy atom. The van der Waals surface area contributed by atoms with E-state index in [4.69, 9.17) is 9.72 Å². The summed E-state index contributed by atoms with van der Waals surface area (Å²) in [6.07, 6.45) is 0. The minimum atomic E-state index is 0.707. The van der Waals surface area contributed by atoms with E-state index in [1.54, 1.807) is 34.9 Å². The lowest BCUT2D eigenvalue weighted by molar-refractivity contribution is 0.415. The van der Waals surface area contributed by atoms with Gasteiger partial charge in [-0.3, -0.25) is 0 Å². The Kier molecular flexibility index (Phi) is 5.17. The molecule has 4 rings (SSSR count). The molecule has 27 heavy (non-hydrogen) atoms. The van der Waals surface area contributed by atoms with Crippen molar-refractivity contribution in [3.63, 3.8) is 0 Å². The number of aromatic nitrogens is 5. The summed E-state index contributed by atoms with van der Waals surface area (Å²) < 4.78 is 6.98. The zero-order chi connectivity index (χ0) is 18.6. The van der Waals surface area contributed by atoms with Gasteiger partial charge in [0.25, 0.3) is 0 Å². The average Bonchev–Trinajstić information content (AvgIpc) is 3.36. The van der Waals surface area contributed by atoms with E-state index in [1.807, 2.05) is 55.5 Å². The van der Waals surface area contributed by atoms with Crippen molar-refractivity contribution >= 4 is 23.1 Å². The monoisotopic (exact) mass is 395 g/mol. The molecule has 0 atom stereocenters. The van der Waals surface area contributed by atoms with Crippen LogP contribution in [0, 0.1) is 6.92 Å². The molecule has 2 aromatic heterocycles. The van der Waals surface area contributed by atoms with Crippen molar-refractivity contribution in [2.75, 3.05) is 7.11 Å². The van der Waals surface area contributed by atoms with E-state index >= 15 is 0 Å². The second kappa shape index (κ2) is 7.89. The third kappa shape index (κ3) is 3.86. The quantitative estimate of drug-likeness (QED) is 0.451. The van der Waals surface area contributed by atoms with Crippen molar-refractivity contribution in [1.82, 2.24) is 25.2 Å². The Labute approximate surface area is 165 Å². The number of hydrogen-bond donors (Lipinski definition) is 0. The van der Waals surface area contributed by atoms with Gasteiger partial charge in [0.2, 0.25) is 5.16 Å². The van der Waals surface area contributed by atoms with Crippen LogP contribution in [0.25, 0.3) is 16.3 Å². The van der Waals surface area contributed by atoms with Crippen LogP contribution in [0.1, 0.15) is 11.3 Å². The lowest BCUT2D eigenvalue weighted by atomic mass is 10.2. The van der Waals surface area contributed by atoms with E-state index in [0.717, 1.165) is 38.4 Å². The first-order valence-electron chi connectivity index (χ1n) is 8.30. The highest BCUT2D eigenvalue weighted by molar-refractivity contribution is 7.98. The van der Waals surface area contributed by atoms with Crippen molar-refractivity contribution < 1.29 is 4.74 Å². The van der Waals surface area contributed by atoms with Gasteiger partial charge in [0.15, 0.2) is 0 Å². The topological polar surface area (TPSA) is 65.7 Å². The van der Waals surface area contributed by atoms with Crippen molar-refractivity contribution in [2.45, 2.75) is 17.8 Å². The smallest absolute Gasteiger partial charge is 0.214 e. The van der Waals surface area contributed by atoms with Gasteiger partial charge in [-0.1, -0.05) is 30.0 Å². The van der Waals surface area contributed by atoms with Crippen LogP contribution in [0.4, 0.5) is 0 Å². The summed E-state index contributed by atoms with van der Waals surface area (Å²) in [5, 5.41) is 15.9. The molecular formula is C19H17N5OS2. The molecule has 0 bridgehead atoms. The van der Waals surface area contributed by atoms with E-state index in [2.05, 4.69) is 20.9 Å². The number of nitrogens with zero attached hydrogens (tertiary/aromatic N) is 5. The predicted molar refractivity (Wildman–Crippen MR) is 108 cm³/mol. The third-order valence-corrected chi connectivity index (χ3v) is 5.92. The minimum absolute atomic E-state index is 0.707. The number of tetrazole rings is 1. The highest BCUT2D eigenvalue weighted by atomic mass is 32.2. The van der Waals surface area contributed by atoms with E-state index in [9.17, 15) is 0 Å². The maximum atomic E-state index is 5.20. The fourth-order valence-electron chi connectivity index (χ4n) is 2.60. The van der Waals surface area contributed by atoms with Gasteiger partial charge in [0, 0.05) is 16.7 Å². The largest absolute Gasteiger partial charge is 0.497 e. The number of aryl methyl sites for hydroxylation is 1. The number of hydrogen-bond acceptors (Lipinski definition) is 7. The summed E-state index contributed by atoms with van der Waals surface area (Å²) in [4.78, 5) is 4.73. The standard InChI is InChI=1S/C19H17N5OS2/c1-13-5-3-4-6-17(13)24-19(21-22-23-24)27-12-15-11-26-18(20-15)14-7-9-16(25-2)10-8-14/h3-11H,12H2,1-2H3. The summed E-state index contributed by atoms with van der Waals surface area (Å²) in [6, 6.07) is 16.0. The van der Waals surface area contributed by atoms with E-state index < -0.39 is 0 Å². The molecule has 136 valence electrons. The van der Waals surface area contributed by atoms with E-state index in [0.29, 0.717) is 5.75 Å². The van der Waals surface area contributed by atoms with Crippen LogP contribution in [-0.2, 0) is 5.75 Å². The molecule has 0 spiro atoms. The van der Waals surface area contributed by atoms with Gasteiger partial charge in [-0.25, -0.2) is 4.98 Å². The van der Waals surface area contributed by atoms with E-state index in [1.165, 1.54) is 0 Å². The zero-order valence-corrected chi connectivity index (χ0v) is 16.5. The van der Waals surface area contributed by atoms with E-state index in [-0.39, 0.29) is 0 Å². The summed E-state index contributed by atoms with van der Waals surface area (Å²) in [6.45, 7) is 2.05. The van der Waals surface area contributed by atoms with Gasteiger partial charge >= 0.3 is 0 Å². The molecule has 0 saturated carbocycles.